The Kier molecular flexibility index (Phi) is 5.10. The van der Waals surface area contributed by atoms with Crippen LogP contribution in [-0.4, -0.2) is 36.5 Å². The molecule has 1 aliphatic heterocycles. The second-order valence-electron chi connectivity index (χ2n) is 6.18. The minimum Gasteiger partial charge on any atom is -0.348 e. The molecule has 0 radical (unpaired) electrons. The van der Waals surface area contributed by atoms with Crippen LogP contribution in [0.4, 0.5) is 0 Å². The normalized spacial score (nSPS) is 22.9. The number of rotatable bonds is 5. The molecule has 23 heavy (non-hydrogen) atoms. The Morgan fingerprint density at radius 2 is 2.09 bits per heavy atom. The van der Waals surface area contributed by atoms with Gasteiger partial charge in [0.1, 0.15) is 0 Å². The van der Waals surface area contributed by atoms with E-state index in [0.29, 0.717) is 12.5 Å². The summed E-state index contributed by atoms with van der Waals surface area (Å²) in [6.45, 7) is 4.03. The van der Waals surface area contributed by atoms with Gasteiger partial charge in [0.25, 0.3) is 0 Å². The van der Waals surface area contributed by atoms with Gasteiger partial charge in [-0.3, -0.25) is 9.69 Å². The molecule has 1 aromatic carbocycles. The summed E-state index contributed by atoms with van der Waals surface area (Å²) in [4.78, 5) is 15.6. The van der Waals surface area contributed by atoms with Gasteiger partial charge >= 0.3 is 0 Å². The van der Waals surface area contributed by atoms with Crippen molar-refractivity contribution in [3.8, 4) is 0 Å². The van der Waals surface area contributed by atoms with Crippen LogP contribution in [0.1, 0.15) is 29.3 Å². The molecule has 1 unspecified atom stereocenters. The van der Waals surface area contributed by atoms with Crippen molar-refractivity contribution in [2.75, 3.05) is 19.6 Å². The van der Waals surface area contributed by atoms with E-state index in [1.54, 1.807) is 11.3 Å². The molecule has 1 amide bonds. The van der Waals surface area contributed by atoms with Gasteiger partial charge in [0.2, 0.25) is 5.91 Å². The number of nitrogens with one attached hydrogen (secondary N) is 1. The molecule has 1 saturated heterocycles. The van der Waals surface area contributed by atoms with Gasteiger partial charge in [-0.2, -0.15) is 0 Å². The van der Waals surface area contributed by atoms with Crippen LogP contribution in [0, 0.1) is 0 Å². The Bertz CT molecular complexity index is 629. The number of benzene rings is 1. The number of hydrogen-bond donors (Lipinski definition) is 2. The highest BCUT2D eigenvalue weighted by molar-refractivity contribution is 7.10. The molecule has 4 nitrogen and oxygen atoms in total. The van der Waals surface area contributed by atoms with Crippen LogP contribution >= 0.6 is 11.3 Å². The van der Waals surface area contributed by atoms with Crippen molar-refractivity contribution in [3.63, 3.8) is 0 Å². The second kappa shape index (κ2) is 7.25. The van der Waals surface area contributed by atoms with Gasteiger partial charge in [0.15, 0.2) is 0 Å². The molecule has 3 rings (SSSR count). The molecule has 3 atom stereocenters. The summed E-state index contributed by atoms with van der Waals surface area (Å²) in [5.74, 6) is 0.366. The van der Waals surface area contributed by atoms with Gasteiger partial charge in [0, 0.05) is 29.9 Å². The van der Waals surface area contributed by atoms with E-state index in [1.807, 2.05) is 42.6 Å². The first kappa shape index (κ1) is 16.2. The van der Waals surface area contributed by atoms with Gasteiger partial charge in [-0.15, -0.1) is 11.3 Å². The van der Waals surface area contributed by atoms with Crippen molar-refractivity contribution in [1.29, 1.82) is 0 Å². The maximum absolute atomic E-state index is 12.3. The van der Waals surface area contributed by atoms with E-state index in [1.165, 1.54) is 10.4 Å². The summed E-state index contributed by atoms with van der Waals surface area (Å²) < 4.78 is 0. The molecular formula is C18H23N3OS. The standard InChI is InChI=1S/C18H23N3OS/c1-13(17-8-5-9-23-17)20-18(22)12-21-10-15(16(19)11-21)14-6-3-2-4-7-14/h2-9,13,15-16H,10-12,19H2,1H3,(H,20,22)/t13?,15-,16+/m0/s1. The molecule has 0 spiro atoms. The zero-order valence-electron chi connectivity index (χ0n) is 13.3. The minimum absolute atomic E-state index is 0.0590. The predicted molar refractivity (Wildman–Crippen MR) is 94.5 cm³/mol. The van der Waals surface area contributed by atoms with Crippen LogP contribution in [-0.2, 0) is 4.79 Å². The summed E-state index contributed by atoms with van der Waals surface area (Å²) in [7, 11) is 0. The fourth-order valence-corrected chi connectivity index (χ4v) is 3.93. The third-order valence-corrected chi connectivity index (χ3v) is 5.44. The van der Waals surface area contributed by atoms with Crippen molar-refractivity contribution < 1.29 is 4.79 Å². The topological polar surface area (TPSA) is 58.4 Å². The third-order valence-electron chi connectivity index (χ3n) is 4.38. The highest BCUT2D eigenvalue weighted by Crippen LogP contribution is 2.26. The SMILES string of the molecule is CC(NC(=O)CN1C[C@@H](N)[C@H](c2ccccc2)C1)c1cccs1. The first-order chi connectivity index (χ1) is 11.1. The van der Waals surface area contributed by atoms with Gasteiger partial charge in [-0.25, -0.2) is 0 Å². The third kappa shape index (κ3) is 3.99. The summed E-state index contributed by atoms with van der Waals surface area (Å²) >= 11 is 1.67. The van der Waals surface area contributed by atoms with E-state index >= 15 is 0 Å². The molecule has 1 aromatic heterocycles. The molecule has 122 valence electrons. The average molecular weight is 329 g/mol. The lowest BCUT2D eigenvalue weighted by atomic mass is 9.95. The van der Waals surface area contributed by atoms with Crippen LogP contribution < -0.4 is 11.1 Å². The lowest BCUT2D eigenvalue weighted by Crippen LogP contribution is -2.38. The van der Waals surface area contributed by atoms with Crippen molar-refractivity contribution in [3.05, 3.63) is 58.3 Å². The zero-order chi connectivity index (χ0) is 16.2. The van der Waals surface area contributed by atoms with Crippen molar-refractivity contribution in [2.45, 2.75) is 24.9 Å². The van der Waals surface area contributed by atoms with Gasteiger partial charge in [0.05, 0.1) is 12.6 Å². The van der Waals surface area contributed by atoms with Gasteiger partial charge in [-0.1, -0.05) is 36.4 Å². The Morgan fingerprint density at radius 1 is 1.30 bits per heavy atom. The number of carbonyl (C=O) groups is 1. The summed E-state index contributed by atoms with van der Waals surface area (Å²) in [5, 5.41) is 5.10. The van der Waals surface area contributed by atoms with Crippen LogP contribution in [0.2, 0.25) is 0 Å². The zero-order valence-corrected chi connectivity index (χ0v) is 14.1. The number of thiophene rings is 1. The molecule has 5 heteroatoms. The highest BCUT2D eigenvalue weighted by Gasteiger charge is 2.32. The van der Waals surface area contributed by atoms with Gasteiger partial charge < -0.3 is 11.1 Å². The second-order valence-corrected chi connectivity index (χ2v) is 7.16. The molecule has 3 N–H and O–H groups in total. The van der Waals surface area contributed by atoms with Crippen LogP contribution in [0.3, 0.4) is 0 Å². The Hall–Kier alpha value is -1.69. The van der Waals surface area contributed by atoms with Crippen LogP contribution in [0.15, 0.2) is 47.8 Å². The largest absolute Gasteiger partial charge is 0.348 e. The van der Waals surface area contributed by atoms with Crippen molar-refractivity contribution in [2.24, 2.45) is 5.73 Å². The molecule has 2 aromatic rings. The summed E-state index contributed by atoms with van der Waals surface area (Å²) in [5.41, 5.74) is 7.54. The molecule has 0 aliphatic carbocycles. The highest BCUT2D eigenvalue weighted by atomic mass is 32.1. The first-order valence-electron chi connectivity index (χ1n) is 7.99. The molecule has 0 saturated carbocycles. The molecule has 1 fully saturated rings. The quantitative estimate of drug-likeness (QED) is 0.885. The van der Waals surface area contributed by atoms with E-state index in [4.69, 9.17) is 5.73 Å². The Labute approximate surface area is 141 Å². The number of carbonyl (C=O) groups excluding carboxylic acids is 1. The van der Waals surface area contributed by atoms with E-state index in [0.717, 1.165) is 13.1 Å². The molecule has 1 aliphatic rings. The Morgan fingerprint density at radius 3 is 2.78 bits per heavy atom. The van der Waals surface area contributed by atoms with E-state index in [-0.39, 0.29) is 18.0 Å². The molecule has 0 bridgehead atoms. The number of nitrogens with two attached hydrogens (primary N) is 1. The monoisotopic (exact) mass is 329 g/mol. The minimum atomic E-state index is 0.0590. The fourth-order valence-electron chi connectivity index (χ4n) is 3.19. The summed E-state index contributed by atoms with van der Waals surface area (Å²) in [6, 6.07) is 14.5. The maximum atomic E-state index is 12.3. The maximum Gasteiger partial charge on any atom is 0.234 e. The number of hydrogen-bond acceptors (Lipinski definition) is 4. The number of amides is 1. The Balaban J connectivity index is 1.54. The van der Waals surface area contributed by atoms with Crippen molar-refractivity contribution >= 4 is 17.2 Å². The number of nitrogens with zero attached hydrogens (tertiary/aromatic N) is 1. The smallest absolute Gasteiger partial charge is 0.234 e. The molecular weight excluding hydrogens is 306 g/mol. The van der Waals surface area contributed by atoms with E-state index in [9.17, 15) is 4.79 Å². The van der Waals surface area contributed by atoms with Crippen LogP contribution in [0.25, 0.3) is 0 Å². The van der Waals surface area contributed by atoms with Gasteiger partial charge in [-0.05, 0) is 23.9 Å². The first-order valence-corrected chi connectivity index (χ1v) is 8.87. The lowest BCUT2D eigenvalue weighted by molar-refractivity contribution is -0.122. The number of likely N-dealkylation sites (tertiary alicyclic amines) is 1. The van der Waals surface area contributed by atoms with E-state index < -0.39 is 0 Å². The average Bonchev–Trinajstić information content (AvgIpc) is 3.18. The summed E-state index contributed by atoms with van der Waals surface area (Å²) in [6.07, 6.45) is 0. The van der Waals surface area contributed by atoms with Crippen LogP contribution in [0.5, 0.6) is 0 Å². The van der Waals surface area contributed by atoms with Crippen molar-refractivity contribution in [1.82, 2.24) is 10.2 Å². The lowest BCUT2D eigenvalue weighted by Gasteiger charge is -2.18. The fraction of sp³-hybridized carbons (Fsp3) is 0.389. The molecule has 2 heterocycles. The van der Waals surface area contributed by atoms with E-state index in [2.05, 4.69) is 22.3 Å². The predicted octanol–water partition coefficient (Wildman–Crippen LogP) is 2.35.